The quantitative estimate of drug-likeness (QED) is 0.333. The van der Waals surface area contributed by atoms with E-state index in [2.05, 4.69) is 10.2 Å². The van der Waals surface area contributed by atoms with Crippen LogP contribution in [0, 0.1) is 5.82 Å². The van der Waals surface area contributed by atoms with Gasteiger partial charge in [0.05, 0.1) is 28.8 Å². The van der Waals surface area contributed by atoms with Gasteiger partial charge < -0.3 is 30.2 Å². The van der Waals surface area contributed by atoms with E-state index in [1.165, 1.54) is 23.5 Å². The molecule has 198 valence electrons. The van der Waals surface area contributed by atoms with Crippen LogP contribution in [0.15, 0.2) is 30.3 Å². The number of nitrogens with zero attached hydrogens (tertiary/aromatic N) is 2. The largest absolute Gasteiger partial charge is 0.489 e. The summed E-state index contributed by atoms with van der Waals surface area (Å²) < 4.78 is 31.1. The monoisotopic (exact) mass is 571 g/mol. The Hall–Kier alpha value is -2.38. The third-order valence-corrected chi connectivity index (χ3v) is 6.98. The summed E-state index contributed by atoms with van der Waals surface area (Å²) in [6.45, 7) is 3.52. The van der Waals surface area contributed by atoms with E-state index in [-0.39, 0.29) is 30.1 Å². The third-order valence-electron chi connectivity index (χ3n) is 5.37. The molecule has 1 aliphatic rings. The number of aromatic nitrogens is 2. The molecular formula is C24H24Cl2FN3O6S. The van der Waals surface area contributed by atoms with Crippen LogP contribution in [0.5, 0.6) is 11.5 Å². The number of aliphatic hydroxyl groups is 2. The summed E-state index contributed by atoms with van der Waals surface area (Å²) in [6.07, 6.45) is -3.89. The molecule has 4 rings (SSSR count). The van der Waals surface area contributed by atoms with Crippen molar-refractivity contribution in [2.24, 2.45) is 5.73 Å². The predicted molar refractivity (Wildman–Crippen MR) is 137 cm³/mol. The molecule has 9 nitrogen and oxygen atoms in total. The van der Waals surface area contributed by atoms with E-state index in [9.17, 15) is 19.4 Å². The maximum atomic E-state index is 14.8. The highest BCUT2D eigenvalue weighted by Gasteiger charge is 2.49. The normalized spacial score (nSPS) is 20.1. The number of ketones is 1. The number of ether oxygens (including phenoxy) is 3. The Morgan fingerprint density at radius 3 is 2.49 bits per heavy atom. The molecular weight excluding hydrogens is 548 g/mol. The van der Waals surface area contributed by atoms with Crippen LogP contribution >= 0.6 is 34.5 Å². The van der Waals surface area contributed by atoms with Crippen molar-refractivity contribution >= 4 is 40.3 Å². The first kappa shape index (κ1) is 27.6. The number of halogens is 3. The van der Waals surface area contributed by atoms with Gasteiger partial charge in [0.25, 0.3) is 0 Å². The molecule has 1 fully saturated rings. The first-order valence-corrected chi connectivity index (χ1v) is 12.8. The summed E-state index contributed by atoms with van der Waals surface area (Å²) in [6, 6.07) is 7.06. The number of carbonyl (C=O) groups is 1. The summed E-state index contributed by atoms with van der Waals surface area (Å²) in [5, 5.41) is 28.7. The number of rotatable bonds is 10. The lowest BCUT2D eigenvalue weighted by Crippen LogP contribution is -2.62. The number of carbonyl (C=O) groups excluding carboxylic acids is 1. The van der Waals surface area contributed by atoms with Crippen LogP contribution < -0.4 is 15.2 Å². The molecule has 13 heteroatoms. The van der Waals surface area contributed by atoms with E-state index < -0.39 is 36.0 Å². The molecule has 0 radical (unpaired) electrons. The third kappa shape index (κ3) is 6.20. The lowest BCUT2D eigenvalue weighted by molar-refractivity contribution is -0.185. The average Bonchev–Trinajstić information content (AvgIpc) is 3.35. The minimum absolute atomic E-state index is 0.0217. The number of nitrogens with two attached hydrogens (primary N) is 1. The van der Waals surface area contributed by atoms with E-state index in [1.54, 1.807) is 12.1 Å². The van der Waals surface area contributed by atoms with Gasteiger partial charge in [-0.25, -0.2) is 4.39 Å². The second-order valence-corrected chi connectivity index (χ2v) is 10.4. The van der Waals surface area contributed by atoms with Crippen LogP contribution in [0.25, 0.3) is 21.1 Å². The first-order chi connectivity index (χ1) is 17.5. The zero-order valence-corrected chi connectivity index (χ0v) is 22.1. The second kappa shape index (κ2) is 11.6. The lowest BCUT2D eigenvalue weighted by Gasteiger charge is -2.35. The van der Waals surface area contributed by atoms with Gasteiger partial charge in [0.1, 0.15) is 40.7 Å². The first-order valence-electron chi connectivity index (χ1n) is 11.2. The number of hydrogen-bond donors (Lipinski definition) is 3. The van der Waals surface area contributed by atoms with Crippen LogP contribution in [0.3, 0.4) is 0 Å². The standard InChI is InChI=1S/C24H24Cl2FN3O6S/c1-10(2)36-17-4-3-11(5-15(17)26)23-29-30-24(37-23)13-6-16(27)18(7-14(13)25)34-8-12(28)9-35-22-20(32)19(31)21(22)33/h3-7,10,12,19-20,22,31-32H,8-9,28H2,1-2H3/t12-,19?,20?,22?/m0/s1. The smallest absolute Gasteiger partial charge is 0.195 e. The molecule has 2 aromatic carbocycles. The molecule has 37 heavy (non-hydrogen) atoms. The Morgan fingerprint density at radius 2 is 1.81 bits per heavy atom. The van der Waals surface area contributed by atoms with Crippen LogP contribution in [0.4, 0.5) is 4.39 Å². The van der Waals surface area contributed by atoms with Crippen molar-refractivity contribution in [3.63, 3.8) is 0 Å². The lowest BCUT2D eigenvalue weighted by atomic mass is 9.86. The highest BCUT2D eigenvalue weighted by molar-refractivity contribution is 7.18. The van der Waals surface area contributed by atoms with E-state index in [4.69, 9.17) is 43.1 Å². The number of benzene rings is 2. The Morgan fingerprint density at radius 1 is 1.08 bits per heavy atom. The van der Waals surface area contributed by atoms with Crippen LogP contribution in [-0.4, -0.2) is 69.9 Å². The van der Waals surface area contributed by atoms with Crippen molar-refractivity contribution in [2.75, 3.05) is 13.2 Å². The van der Waals surface area contributed by atoms with Gasteiger partial charge in [-0.2, -0.15) is 0 Å². The van der Waals surface area contributed by atoms with Crippen molar-refractivity contribution < 1.29 is 33.6 Å². The summed E-state index contributed by atoms with van der Waals surface area (Å²) in [5.41, 5.74) is 6.95. The summed E-state index contributed by atoms with van der Waals surface area (Å²) in [4.78, 5) is 11.4. The van der Waals surface area contributed by atoms with Gasteiger partial charge in [0.15, 0.2) is 17.3 Å². The molecule has 0 bridgehead atoms. The number of aliphatic hydroxyl groups excluding tert-OH is 2. The highest BCUT2D eigenvalue weighted by atomic mass is 35.5. The number of hydrogen-bond acceptors (Lipinski definition) is 10. The van der Waals surface area contributed by atoms with E-state index in [0.717, 1.165) is 5.56 Å². The topological polar surface area (TPSA) is 137 Å². The van der Waals surface area contributed by atoms with Gasteiger partial charge in [0.2, 0.25) is 0 Å². The van der Waals surface area contributed by atoms with Gasteiger partial charge in [-0.05, 0) is 38.1 Å². The fourth-order valence-corrected chi connectivity index (χ4v) is 4.83. The zero-order valence-electron chi connectivity index (χ0n) is 19.7. The molecule has 0 saturated heterocycles. The minimum atomic E-state index is -1.45. The van der Waals surface area contributed by atoms with Crippen LogP contribution in [-0.2, 0) is 9.53 Å². The Kier molecular flexibility index (Phi) is 8.64. The molecule has 1 heterocycles. The molecule has 1 aromatic heterocycles. The van der Waals surface area contributed by atoms with Crippen molar-refractivity contribution in [3.8, 4) is 32.6 Å². The van der Waals surface area contributed by atoms with Crippen molar-refractivity contribution in [3.05, 3.63) is 46.2 Å². The Balaban J connectivity index is 1.40. The fourth-order valence-electron chi connectivity index (χ4n) is 3.44. The SMILES string of the molecule is CC(C)Oc1ccc(-c2nnc(-c3cc(F)c(OC[C@H](N)COC4C(=O)C(O)C4O)cc3Cl)s2)cc1Cl. The maximum Gasteiger partial charge on any atom is 0.195 e. The summed E-state index contributed by atoms with van der Waals surface area (Å²) >= 11 is 13.9. The highest BCUT2D eigenvalue weighted by Crippen LogP contribution is 2.38. The molecule has 4 N–H and O–H groups in total. The van der Waals surface area contributed by atoms with Crippen molar-refractivity contribution in [2.45, 2.75) is 44.3 Å². The minimum Gasteiger partial charge on any atom is -0.489 e. The van der Waals surface area contributed by atoms with E-state index >= 15 is 0 Å². The molecule has 3 aromatic rings. The summed E-state index contributed by atoms with van der Waals surface area (Å²) in [5.74, 6) is -0.869. The Bertz CT molecular complexity index is 1290. The molecule has 1 aliphatic carbocycles. The average molecular weight is 572 g/mol. The predicted octanol–water partition coefficient (Wildman–Crippen LogP) is 3.50. The van der Waals surface area contributed by atoms with Gasteiger partial charge in [-0.15, -0.1) is 10.2 Å². The van der Waals surface area contributed by atoms with Gasteiger partial charge >= 0.3 is 0 Å². The fraction of sp³-hybridized carbons (Fsp3) is 0.375. The van der Waals surface area contributed by atoms with E-state index in [1.807, 2.05) is 19.9 Å². The molecule has 0 aliphatic heterocycles. The molecule has 0 spiro atoms. The molecule has 0 amide bonds. The van der Waals surface area contributed by atoms with Crippen LogP contribution in [0.1, 0.15) is 13.8 Å². The van der Waals surface area contributed by atoms with Gasteiger partial charge in [0, 0.05) is 17.2 Å². The molecule has 1 saturated carbocycles. The Labute approximate surface area is 225 Å². The molecule has 3 unspecified atom stereocenters. The maximum absolute atomic E-state index is 14.8. The van der Waals surface area contributed by atoms with Crippen LogP contribution in [0.2, 0.25) is 10.0 Å². The second-order valence-electron chi connectivity index (χ2n) is 8.65. The van der Waals surface area contributed by atoms with Crippen molar-refractivity contribution in [1.82, 2.24) is 10.2 Å². The van der Waals surface area contributed by atoms with E-state index in [0.29, 0.717) is 26.4 Å². The van der Waals surface area contributed by atoms with Gasteiger partial charge in [-0.1, -0.05) is 34.5 Å². The number of Topliss-reactive ketones (excluding diaryl/α,β-unsaturated/α-hetero) is 1. The molecule has 4 atom stereocenters. The zero-order chi connectivity index (χ0) is 26.9. The van der Waals surface area contributed by atoms with Crippen molar-refractivity contribution in [1.29, 1.82) is 0 Å². The summed E-state index contributed by atoms with van der Waals surface area (Å²) in [7, 11) is 0. The van der Waals surface area contributed by atoms with Gasteiger partial charge in [-0.3, -0.25) is 4.79 Å².